The fourth-order valence-electron chi connectivity index (χ4n) is 7.35. The van der Waals surface area contributed by atoms with Crippen LogP contribution in [0.4, 0.5) is 0 Å². The van der Waals surface area contributed by atoms with Gasteiger partial charge < -0.3 is 19.7 Å². The summed E-state index contributed by atoms with van der Waals surface area (Å²) in [5.74, 6) is -2.99. The average molecular weight is 870 g/mol. The number of hydrogen-bond acceptors (Lipinski definition) is 13. The highest BCUT2D eigenvalue weighted by Crippen LogP contribution is 2.48. The minimum atomic E-state index is -1.35. The second-order valence-electron chi connectivity index (χ2n) is 14.3. The van der Waals surface area contributed by atoms with Crippen LogP contribution in [0.1, 0.15) is 54.6 Å². The topological polar surface area (TPSA) is 209 Å². The molecule has 0 unspecified atom stereocenters. The van der Waals surface area contributed by atoms with E-state index in [4.69, 9.17) is 27.6 Å². The van der Waals surface area contributed by atoms with Crippen molar-refractivity contribution in [3.05, 3.63) is 182 Å². The predicted molar refractivity (Wildman–Crippen MR) is 229 cm³/mol. The number of aromatic carboxylic acids is 2. The minimum absolute atomic E-state index is 0.0114. The Morgan fingerprint density at radius 3 is 1.73 bits per heavy atom. The van der Waals surface area contributed by atoms with Gasteiger partial charge in [-0.1, -0.05) is 35.3 Å². The van der Waals surface area contributed by atoms with Crippen LogP contribution in [0.5, 0.6) is 5.75 Å². The molecule has 0 saturated heterocycles. The Kier molecular flexibility index (Phi) is 12.2. The fraction of sp³-hybridized carbons (Fsp3) is 0.133. The smallest absolute Gasteiger partial charge is 0.336 e. The number of aromatic hydroxyl groups is 1. The van der Waals surface area contributed by atoms with Crippen molar-refractivity contribution >= 4 is 46.1 Å². The molecule has 1 aliphatic heterocycles. The van der Waals surface area contributed by atoms with E-state index in [9.17, 15) is 29.7 Å². The van der Waals surface area contributed by atoms with Crippen molar-refractivity contribution in [1.29, 1.82) is 0 Å². The third-order valence-electron chi connectivity index (χ3n) is 10.1. The number of nitrogens with zero attached hydrogens (tertiary/aromatic N) is 8. The van der Waals surface area contributed by atoms with Crippen LogP contribution in [0, 0.1) is 0 Å². The van der Waals surface area contributed by atoms with Crippen molar-refractivity contribution in [2.24, 2.45) is 0 Å². The molecular formula is C45H34Cl2N8O7. The van der Waals surface area contributed by atoms with Gasteiger partial charge in [-0.3, -0.25) is 44.5 Å². The van der Waals surface area contributed by atoms with Gasteiger partial charge in [0.15, 0.2) is 0 Å². The van der Waals surface area contributed by atoms with E-state index in [1.165, 1.54) is 30.3 Å². The van der Waals surface area contributed by atoms with Crippen molar-refractivity contribution in [2.75, 3.05) is 0 Å². The molecule has 0 spiro atoms. The lowest BCUT2D eigenvalue weighted by Gasteiger charge is -2.26. The van der Waals surface area contributed by atoms with Crippen LogP contribution in [0.2, 0.25) is 10.0 Å². The molecule has 6 aromatic rings. The molecule has 15 nitrogen and oxygen atoms in total. The first-order valence-electron chi connectivity index (χ1n) is 19.0. The molecular weight excluding hydrogens is 835 g/mol. The van der Waals surface area contributed by atoms with Crippen LogP contribution in [-0.2, 0) is 39.3 Å². The predicted octanol–water partition coefficient (Wildman–Crippen LogP) is 7.75. The number of carboxylic acids is 2. The monoisotopic (exact) mass is 868 g/mol. The Hall–Kier alpha value is -7.17. The standard InChI is InChI=1S/C45H34Cl2N8O7/c46-37-16-33-39(32-15-26(44(58)59)7-8-31(32)45(60)61)34-17-38(47)41(57)36(25-55(21-28-6-2-4-10-51-28)23-30-19-49-12-14-53-30)43(34)62-42(33)35(40(37)56)24-54(20-27-5-1-3-9-50-27)22-29-18-48-11-13-52-29/h1-19,56H,20-25H2,(H,58,59)(H,60,61). The summed E-state index contributed by atoms with van der Waals surface area (Å²) in [5.41, 5.74) is 2.20. The number of fused-ring (bicyclic) bond motifs is 2. The first kappa shape index (κ1) is 41.6. The van der Waals surface area contributed by atoms with Gasteiger partial charge in [-0.2, -0.15) is 0 Å². The molecule has 4 aromatic heterocycles. The Morgan fingerprint density at radius 1 is 0.613 bits per heavy atom. The van der Waals surface area contributed by atoms with Gasteiger partial charge in [0.1, 0.15) is 17.1 Å². The summed E-state index contributed by atoms with van der Waals surface area (Å²) in [6.45, 7) is 0.864. The Bertz CT molecular complexity index is 2860. The maximum atomic E-state index is 14.4. The zero-order valence-corrected chi connectivity index (χ0v) is 34.0. The van der Waals surface area contributed by atoms with E-state index in [1.54, 1.807) is 61.7 Å². The first-order valence-corrected chi connectivity index (χ1v) is 19.8. The van der Waals surface area contributed by atoms with Crippen LogP contribution in [0.15, 0.2) is 126 Å². The maximum absolute atomic E-state index is 14.4. The number of benzene rings is 3. The lowest BCUT2D eigenvalue weighted by molar-refractivity contribution is 0.0682. The van der Waals surface area contributed by atoms with Gasteiger partial charge in [0.05, 0.1) is 55.1 Å². The van der Waals surface area contributed by atoms with E-state index in [2.05, 4.69) is 29.9 Å². The first-order chi connectivity index (χ1) is 30.0. The van der Waals surface area contributed by atoms with Gasteiger partial charge >= 0.3 is 11.9 Å². The van der Waals surface area contributed by atoms with Gasteiger partial charge in [0.2, 0.25) is 5.43 Å². The zero-order valence-electron chi connectivity index (χ0n) is 32.5. The highest BCUT2D eigenvalue weighted by atomic mass is 35.5. The number of phenols is 1. The molecule has 0 radical (unpaired) electrons. The maximum Gasteiger partial charge on any atom is 0.336 e. The second kappa shape index (κ2) is 18.2. The second-order valence-corrected chi connectivity index (χ2v) is 15.1. The van der Waals surface area contributed by atoms with E-state index in [1.807, 2.05) is 34.1 Å². The largest absolute Gasteiger partial charge is 0.506 e. The van der Waals surface area contributed by atoms with Gasteiger partial charge in [-0.05, 0) is 60.2 Å². The van der Waals surface area contributed by atoms with Gasteiger partial charge in [0, 0.05) is 105 Å². The van der Waals surface area contributed by atoms with E-state index in [0.717, 1.165) is 0 Å². The number of rotatable bonds is 15. The normalized spacial score (nSPS) is 11.5. The number of carbonyl (C=O) groups is 2. The summed E-state index contributed by atoms with van der Waals surface area (Å²) >= 11 is 13.6. The summed E-state index contributed by atoms with van der Waals surface area (Å²) < 4.78 is 6.84. The number of hydrogen-bond donors (Lipinski definition) is 3. The van der Waals surface area contributed by atoms with Gasteiger partial charge in [0.25, 0.3) is 0 Å². The van der Waals surface area contributed by atoms with Crippen molar-refractivity contribution in [3.8, 4) is 28.2 Å². The van der Waals surface area contributed by atoms with Crippen molar-refractivity contribution < 1.29 is 29.3 Å². The SMILES string of the molecule is O=C(O)c1ccc(C(=O)O)c(-c2c3cc(Cl)c(=O)c(CN(Cc4ccccn4)Cc4cnccn4)c-3oc3c(CN(Cc4ccccn4)Cc4cnccn4)c(O)c(Cl)cc23)c1. The molecule has 0 amide bonds. The summed E-state index contributed by atoms with van der Waals surface area (Å²) in [7, 11) is 0. The lowest BCUT2D eigenvalue weighted by Crippen LogP contribution is -2.27. The Labute approximate surface area is 362 Å². The number of carboxylic acid groups (broad SMARTS) is 2. The molecule has 5 heterocycles. The molecule has 0 bridgehead atoms. The highest BCUT2D eigenvalue weighted by Gasteiger charge is 2.31. The molecule has 0 saturated carbocycles. The van der Waals surface area contributed by atoms with Crippen LogP contribution < -0.4 is 5.43 Å². The van der Waals surface area contributed by atoms with Crippen LogP contribution in [0.25, 0.3) is 33.4 Å². The molecule has 0 atom stereocenters. The lowest BCUT2D eigenvalue weighted by atomic mass is 9.87. The minimum Gasteiger partial charge on any atom is -0.506 e. The average Bonchev–Trinajstić information content (AvgIpc) is 3.27. The number of phenolic OH excluding ortho intramolecular Hbond substituents is 1. The summed E-state index contributed by atoms with van der Waals surface area (Å²) in [6.07, 6.45) is 12.8. The molecule has 8 rings (SSSR count). The zero-order chi connectivity index (χ0) is 43.3. The van der Waals surface area contributed by atoms with Crippen molar-refractivity contribution in [3.63, 3.8) is 0 Å². The molecule has 17 heteroatoms. The van der Waals surface area contributed by atoms with E-state index in [0.29, 0.717) is 22.8 Å². The number of aromatic nitrogens is 6. The number of pyridine rings is 2. The van der Waals surface area contributed by atoms with E-state index in [-0.39, 0.29) is 111 Å². The fourth-order valence-corrected chi connectivity index (χ4v) is 7.80. The van der Waals surface area contributed by atoms with Gasteiger partial charge in [-0.25, -0.2) is 9.59 Å². The Morgan fingerprint density at radius 2 is 1.19 bits per heavy atom. The van der Waals surface area contributed by atoms with E-state index < -0.39 is 17.4 Å². The summed E-state index contributed by atoms with van der Waals surface area (Å²) in [6, 6.07) is 17.4. The number of halogens is 2. The molecule has 2 aromatic carbocycles. The van der Waals surface area contributed by atoms with Crippen LogP contribution in [-0.4, -0.2) is 67.0 Å². The molecule has 62 heavy (non-hydrogen) atoms. The molecule has 3 N–H and O–H groups in total. The van der Waals surface area contributed by atoms with Crippen LogP contribution in [0.3, 0.4) is 0 Å². The Balaban J connectivity index is 1.40. The molecule has 0 fully saturated rings. The van der Waals surface area contributed by atoms with Gasteiger partial charge in [-0.15, -0.1) is 0 Å². The quantitative estimate of drug-likeness (QED) is 0.0842. The summed E-state index contributed by atoms with van der Waals surface area (Å²) in [5, 5.41) is 32.4. The van der Waals surface area contributed by atoms with Crippen LogP contribution >= 0.6 is 23.2 Å². The highest BCUT2D eigenvalue weighted by molar-refractivity contribution is 6.33. The van der Waals surface area contributed by atoms with Crippen molar-refractivity contribution in [1.82, 2.24) is 39.7 Å². The molecule has 310 valence electrons. The van der Waals surface area contributed by atoms with E-state index >= 15 is 0 Å². The molecule has 1 aliphatic carbocycles. The van der Waals surface area contributed by atoms with Crippen molar-refractivity contribution in [2.45, 2.75) is 39.3 Å². The third kappa shape index (κ3) is 8.96. The molecule has 2 aliphatic rings. The third-order valence-corrected chi connectivity index (χ3v) is 10.7. The summed E-state index contributed by atoms with van der Waals surface area (Å²) in [4.78, 5) is 69.9.